The Morgan fingerprint density at radius 3 is 2.43 bits per heavy atom. The van der Waals surface area contributed by atoms with E-state index in [1.807, 2.05) is 48.5 Å². The van der Waals surface area contributed by atoms with Crippen LogP contribution in [0.1, 0.15) is 5.56 Å². The van der Waals surface area contributed by atoms with E-state index < -0.39 is 18.1 Å². The number of carbonyl (C=O) groups excluding carboxylic acids is 1. The summed E-state index contributed by atoms with van der Waals surface area (Å²) in [6, 6.07) is 14.6. The molecule has 3 N–H and O–H groups in total. The molecule has 0 aliphatic carbocycles. The molecule has 23 heavy (non-hydrogen) atoms. The highest BCUT2D eigenvalue weighted by Gasteiger charge is 2.23. The van der Waals surface area contributed by atoms with Gasteiger partial charge in [-0.05, 0) is 35.2 Å². The van der Waals surface area contributed by atoms with E-state index in [9.17, 15) is 9.90 Å². The van der Waals surface area contributed by atoms with Gasteiger partial charge in [0.15, 0.2) is 6.10 Å². The Kier molecular flexibility index (Phi) is 7.52. The number of ether oxygens (including phenoxy) is 1. The number of hydrogen-bond donors (Lipinski definition) is 2. The summed E-state index contributed by atoms with van der Waals surface area (Å²) in [5, 5.41) is 10.4. The third-order valence-corrected chi connectivity index (χ3v) is 3.67. The van der Waals surface area contributed by atoms with Crippen molar-refractivity contribution in [2.45, 2.75) is 18.6 Å². The molecule has 4 nitrogen and oxygen atoms in total. The van der Waals surface area contributed by atoms with Crippen molar-refractivity contribution in [3.8, 4) is 11.1 Å². The van der Waals surface area contributed by atoms with Crippen LogP contribution in [0.25, 0.3) is 11.1 Å². The molecule has 0 radical (unpaired) electrons. The van der Waals surface area contributed by atoms with Crippen LogP contribution in [-0.2, 0) is 16.0 Å². The minimum absolute atomic E-state index is 0. The Morgan fingerprint density at radius 1 is 1.22 bits per heavy atom. The monoisotopic (exact) mass is 355 g/mol. The fourth-order valence-corrected chi connectivity index (χ4v) is 2.37. The van der Waals surface area contributed by atoms with Gasteiger partial charge in [-0.2, -0.15) is 0 Å². The molecule has 6 heteroatoms. The third-order valence-electron chi connectivity index (χ3n) is 3.43. The van der Waals surface area contributed by atoms with Crippen LogP contribution in [0.5, 0.6) is 0 Å². The molecule has 0 saturated heterocycles. The Bertz CT molecular complexity index is 647. The van der Waals surface area contributed by atoms with E-state index in [1.54, 1.807) is 0 Å². The lowest BCUT2D eigenvalue weighted by Crippen LogP contribution is -2.42. The molecule has 0 bridgehead atoms. The zero-order chi connectivity index (χ0) is 16.1. The van der Waals surface area contributed by atoms with Gasteiger partial charge in [-0.1, -0.05) is 48.0 Å². The Hall–Kier alpha value is -1.59. The summed E-state index contributed by atoms with van der Waals surface area (Å²) in [5.74, 6) is -0.719. The van der Waals surface area contributed by atoms with E-state index in [0.29, 0.717) is 11.4 Å². The molecule has 0 aliphatic heterocycles. The zero-order valence-electron chi connectivity index (χ0n) is 12.6. The summed E-state index contributed by atoms with van der Waals surface area (Å²) in [6.07, 6.45) is -0.941. The van der Waals surface area contributed by atoms with Gasteiger partial charge in [0.2, 0.25) is 0 Å². The fraction of sp³-hybridized carbons (Fsp3) is 0.235. The highest BCUT2D eigenvalue weighted by atomic mass is 35.5. The third kappa shape index (κ3) is 5.22. The van der Waals surface area contributed by atoms with Gasteiger partial charge < -0.3 is 15.6 Å². The van der Waals surface area contributed by atoms with E-state index in [2.05, 4.69) is 4.74 Å². The largest absolute Gasteiger partial charge is 0.467 e. The minimum Gasteiger partial charge on any atom is -0.467 e. The highest BCUT2D eigenvalue weighted by Crippen LogP contribution is 2.23. The molecule has 2 atom stereocenters. The molecule has 2 aromatic carbocycles. The number of methoxy groups -OCH3 is 1. The van der Waals surface area contributed by atoms with Crippen LogP contribution < -0.4 is 5.73 Å². The second-order valence-electron chi connectivity index (χ2n) is 5.04. The number of carbonyl (C=O) groups is 1. The second-order valence-corrected chi connectivity index (χ2v) is 5.48. The van der Waals surface area contributed by atoms with Crippen molar-refractivity contribution in [3.05, 3.63) is 59.1 Å². The summed E-state index contributed by atoms with van der Waals surface area (Å²) in [6.45, 7) is 0. The van der Waals surface area contributed by atoms with Gasteiger partial charge in [-0.3, -0.25) is 0 Å². The first-order valence-electron chi connectivity index (χ1n) is 6.87. The van der Waals surface area contributed by atoms with Crippen LogP contribution in [-0.4, -0.2) is 30.3 Å². The average Bonchev–Trinajstić information content (AvgIpc) is 2.54. The summed E-state index contributed by atoms with van der Waals surface area (Å²) < 4.78 is 4.48. The predicted octanol–water partition coefficient (Wildman–Crippen LogP) is 2.83. The number of halogens is 2. The van der Waals surface area contributed by atoms with Gasteiger partial charge >= 0.3 is 5.97 Å². The Morgan fingerprint density at radius 2 is 1.87 bits per heavy atom. The van der Waals surface area contributed by atoms with Crippen molar-refractivity contribution >= 4 is 30.0 Å². The van der Waals surface area contributed by atoms with E-state index in [1.165, 1.54) is 7.11 Å². The van der Waals surface area contributed by atoms with Crippen molar-refractivity contribution in [2.24, 2.45) is 5.73 Å². The van der Waals surface area contributed by atoms with E-state index in [0.717, 1.165) is 16.7 Å². The number of rotatable bonds is 5. The van der Waals surface area contributed by atoms with Gasteiger partial charge in [0.1, 0.15) is 0 Å². The molecule has 0 aromatic heterocycles. The van der Waals surface area contributed by atoms with Gasteiger partial charge in [0.05, 0.1) is 7.11 Å². The first-order valence-corrected chi connectivity index (χ1v) is 7.25. The standard InChI is InChI=1S/C17H18ClNO3.ClH/c1-22-17(21)16(20)15(19)9-11-5-7-12(8-6-11)13-3-2-4-14(18)10-13;/h2-8,10,15-16,20H,9,19H2,1H3;1H/t15?,16-;/m1./s1. The summed E-state index contributed by atoms with van der Waals surface area (Å²) >= 11 is 5.98. The molecule has 0 heterocycles. The number of hydrogen-bond acceptors (Lipinski definition) is 4. The number of aliphatic hydroxyl groups excluding tert-OH is 1. The minimum atomic E-state index is -1.32. The Labute approximate surface area is 146 Å². The average molecular weight is 356 g/mol. The molecule has 0 fully saturated rings. The topological polar surface area (TPSA) is 72.5 Å². The molecule has 2 aromatic rings. The summed E-state index contributed by atoms with van der Waals surface area (Å²) in [4.78, 5) is 11.2. The Balaban J connectivity index is 0.00000264. The maximum absolute atomic E-state index is 11.2. The second kappa shape index (κ2) is 8.89. The molecule has 2 rings (SSSR count). The van der Waals surface area contributed by atoms with Gasteiger partial charge in [-0.15, -0.1) is 12.4 Å². The first kappa shape index (κ1) is 19.5. The van der Waals surface area contributed by atoms with Crippen molar-refractivity contribution in [2.75, 3.05) is 7.11 Å². The van der Waals surface area contributed by atoms with Gasteiger partial charge in [0.25, 0.3) is 0 Å². The number of aliphatic hydroxyl groups is 1. The summed E-state index contributed by atoms with van der Waals surface area (Å²) in [7, 11) is 1.22. The molecular formula is C17H19Cl2NO3. The molecule has 124 valence electrons. The van der Waals surface area contributed by atoms with Crippen LogP contribution >= 0.6 is 24.0 Å². The smallest absolute Gasteiger partial charge is 0.336 e. The van der Waals surface area contributed by atoms with E-state index in [4.69, 9.17) is 17.3 Å². The van der Waals surface area contributed by atoms with Crippen LogP contribution in [0.4, 0.5) is 0 Å². The zero-order valence-corrected chi connectivity index (χ0v) is 14.2. The van der Waals surface area contributed by atoms with Gasteiger partial charge in [-0.25, -0.2) is 4.79 Å². The molecule has 0 saturated carbocycles. The van der Waals surface area contributed by atoms with Crippen LogP contribution in [0.15, 0.2) is 48.5 Å². The van der Waals surface area contributed by atoms with Crippen molar-refractivity contribution in [1.82, 2.24) is 0 Å². The molecular weight excluding hydrogens is 337 g/mol. The first-order chi connectivity index (χ1) is 10.5. The maximum Gasteiger partial charge on any atom is 0.336 e. The lowest BCUT2D eigenvalue weighted by atomic mass is 9.99. The number of nitrogens with two attached hydrogens (primary N) is 1. The van der Waals surface area contributed by atoms with Gasteiger partial charge in [0, 0.05) is 11.1 Å². The molecule has 0 spiro atoms. The van der Waals surface area contributed by atoms with Crippen LogP contribution in [0.2, 0.25) is 5.02 Å². The van der Waals surface area contributed by atoms with Crippen LogP contribution in [0, 0.1) is 0 Å². The molecule has 0 amide bonds. The number of esters is 1. The maximum atomic E-state index is 11.2. The highest BCUT2D eigenvalue weighted by molar-refractivity contribution is 6.30. The van der Waals surface area contributed by atoms with Crippen molar-refractivity contribution < 1.29 is 14.6 Å². The van der Waals surface area contributed by atoms with Crippen LogP contribution in [0.3, 0.4) is 0 Å². The predicted molar refractivity (Wildman–Crippen MR) is 93.8 cm³/mol. The SMILES string of the molecule is COC(=O)[C@H](O)C(N)Cc1ccc(-c2cccc(Cl)c2)cc1.Cl. The fourth-order valence-electron chi connectivity index (χ4n) is 2.18. The normalized spacial score (nSPS) is 12.9. The molecule has 1 unspecified atom stereocenters. The lowest BCUT2D eigenvalue weighted by molar-refractivity contribution is -0.151. The molecule has 0 aliphatic rings. The summed E-state index contributed by atoms with van der Waals surface area (Å²) in [5.41, 5.74) is 8.82. The quantitative estimate of drug-likeness (QED) is 0.808. The van der Waals surface area contributed by atoms with Crippen molar-refractivity contribution in [1.29, 1.82) is 0 Å². The van der Waals surface area contributed by atoms with E-state index in [-0.39, 0.29) is 12.4 Å². The van der Waals surface area contributed by atoms with Crippen molar-refractivity contribution in [3.63, 3.8) is 0 Å². The lowest BCUT2D eigenvalue weighted by Gasteiger charge is -2.16. The number of benzene rings is 2. The van der Waals surface area contributed by atoms with E-state index >= 15 is 0 Å².